The van der Waals surface area contributed by atoms with E-state index < -0.39 is 6.10 Å². The van der Waals surface area contributed by atoms with Gasteiger partial charge in [0, 0.05) is 19.3 Å². The van der Waals surface area contributed by atoms with Crippen LogP contribution in [0.4, 0.5) is 0 Å². The van der Waals surface area contributed by atoms with E-state index >= 15 is 0 Å². The number of rotatable bonds is 49. The average molecular weight is 943 g/mol. The second-order valence-corrected chi connectivity index (χ2v) is 18.1. The fourth-order valence-corrected chi connectivity index (χ4v) is 7.32. The van der Waals surface area contributed by atoms with E-state index in [-0.39, 0.29) is 37.5 Å². The number of hydrogen-bond donors (Lipinski definition) is 0. The van der Waals surface area contributed by atoms with Crippen LogP contribution in [0.25, 0.3) is 0 Å². The van der Waals surface area contributed by atoms with Crippen molar-refractivity contribution in [1.29, 1.82) is 0 Å². The Morgan fingerprint density at radius 3 is 1.06 bits per heavy atom. The third-order valence-electron chi connectivity index (χ3n) is 11.5. The van der Waals surface area contributed by atoms with Gasteiger partial charge in [-0.3, -0.25) is 14.4 Å². The molecule has 6 heteroatoms. The molecule has 68 heavy (non-hydrogen) atoms. The zero-order valence-corrected chi connectivity index (χ0v) is 44.1. The van der Waals surface area contributed by atoms with Gasteiger partial charge >= 0.3 is 17.9 Å². The molecule has 6 nitrogen and oxygen atoms in total. The highest BCUT2D eigenvalue weighted by Crippen LogP contribution is 2.14. The Bertz CT molecular complexity index is 1410. The lowest BCUT2D eigenvalue weighted by Gasteiger charge is -2.18. The number of unbranched alkanes of at least 4 members (excludes halogenated alkanes) is 20. The molecular formula is C62H102O6. The largest absolute Gasteiger partial charge is 0.462 e. The molecule has 1 unspecified atom stereocenters. The van der Waals surface area contributed by atoms with Crippen LogP contribution in [0.2, 0.25) is 0 Å². The SMILES string of the molecule is CC/C=C\C/C=C\C/C=C\C/C=C\C/C=C\C/C=C\CCC(=O)OCC(COC(=O)CCCCCCC/C=C\C/C=C\CCC)OC(=O)CCCCCCCCC/C=C\CCCCCCCCC. The fraction of sp³-hybridized carbons (Fsp3) is 0.661. The molecule has 0 aliphatic carbocycles. The van der Waals surface area contributed by atoms with Crippen molar-refractivity contribution in [3.05, 3.63) is 109 Å². The van der Waals surface area contributed by atoms with Crippen LogP contribution in [0.5, 0.6) is 0 Å². The highest BCUT2D eigenvalue weighted by Gasteiger charge is 2.19. The second kappa shape index (κ2) is 55.7. The summed E-state index contributed by atoms with van der Waals surface area (Å²) in [6.45, 7) is 6.38. The zero-order valence-electron chi connectivity index (χ0n) is 44.1. The lowest BCUT2D eigenvalue weighted by Crippen LogP contribution is -2.30. The van der Waals surface area contributed by atoms with Gasteiger partial charge in [-0.2, -0.15) is 0 Å². The minimum Gasteiger partial charge on any atom is -0.462 e. The number of hydrogen-bond acceptors (Lipinski definition) is 6. The van der Waals surface area contributed by atoms with E-state index in [2.05, 4.69) is 124 Å². The van der Waals surface area contributed by atoms with Gasteiger partial charge in [0.2, 0.25) is 0 Å². The summed E-state index contributed by atoms with van der Waals surface area (Å²) in [7, 11) is 0. The van der Waals surface area contributed by atoms with Gasteiger partial charge in [-0.15, -0.1) is 0 Å². The molecule has 0 aliphatic rings. The van der Waals surface area contributed by atoms with Gasteiger partial charge in [-0.25, -0.2) is 0 Å². The number of esters is 3. The molecule has 0 fully saturated rings. The van der Waals surface area contributed by atoms with Crippen LogP contribution in [0, 0.1) is 0 Å². The first-order valence-electron chi connectivity index (χ1n) is 27.9. The summed E-state index contributed by atoms with van der Waals surface area (Å²) in [6, 6.07) is 0. The number of ether oxygens (including phenoxy) is 3. The number of carbonyl (C=O) groups is 3. The van der Waals surface area contributed by atoms with Gasteiger partial charge in [-0.05, 0) is 109 Å². The third kappa shape index (κ3) is 53.0. The maximum absolute atomic E-state index is 12.8. The van der Waals surface area contributed by atoms with E-state index in [1.807, 2.05) is 6.08 Å². The molecule has 0 aromatic carbocycles. The normalized spacial score (nSPS) is 12.9. The molecule has 0 aromatic rings. The Kier molecular flexibility index (Phi) is 52.4. The van der Waals surface area contributed by atoms with Gasteiger partial charge in [0.15, 0.2) is 6.10 Å². The van der Waals surface area contributed by atoms with Crippen LogP contribution in [0.3, 0.4) is 0 Å². The summed E-state index contributed by atoms with van der Waals surface area (Å²) in [5.41, 5.74) is 0. The van der Waals surface area contributed by atoms with Crippen molar-refractivity contribution in [3.63, 3.8) is 0 Å². The smallest absolute Gasteiger partial charge is 0.306 e. The Balaban J connectivity index is 4.52. The van der Waals surface area contributed by atoms with Crippen LogP contribution in [-0.2, 0) is 28.6 Å². The predicted molar refractivity (Wildman–Crippen MR) is 293 cm³/mol. The number of allylic oxidation sites excluding steroid dienone is 18. The summed E-state index contributed by atoms with van der Waals surface area (Å²) >= 11 is 0. The molecule has 386 valence electrons. The first-order chi connectivity index (χ1) is 33.5. The third-order valence-corrected chi connectivity index (χ3v) is 11.5. The molecule has 0 amide bonds. The summed E-state index contributed by atoms with van der Waals surface area (Å²) < 4.78 is 16.8. The van der Waals surface area contributed by atoms with Crippen molar-refractivity contribution >= 4 is 17.9 Å². The lowest BCUT2D eigenvalue weighted by molar-refractivity contribution is -0.166. The van der Waals surface area contributed by atoms with Crippen LogP contribution >= 0.6 is 0 Å². The average Bonchev–Trinajstić information content (AvgIpc) is 3.34. The molecule has 0 aromatic heterocycles. The van der Waals surface area contributed by atoms with E-state index in [0.29, 0.717) is 19.3 Å². The molecule has 0 radical (unpaired) electrons. The van der Waals surface area contributed by atoms with Crippen molar-refractivity contribution in [2.45, 2.75) is 252 Å². The molecule has 0 heterocycles. The van der Waals surface area contributed by atoms with E-state index in [9.17, 15) is 14.4 Å². The second-order valence-electron chi connectivity index (χ2n) is 18.1. The Morgan fingerprint density at radius 2 is 0.632 bits per heavy atom. The van der Waals surface area contributed by atoms with Crippen LogP contribution in [-0.4, -0.2) is 37.2 Å². The van der Waals surface area contributed by atoms with Gasteiger partial charge < -0.3 is 14.2 Å². The van der Waals surface area contributed by atoms with Crippen molar-refractivity contribution < 1.29 is 28.6 Å². The van der Waals surface area contributed by atoms with Crippen LogP contribution in [0.1, 0.15) is 245 Å². The van der Waals surface area contributed by atoms with E-state index in [4.69, 9.17) is 14.2 Å². The van der Waals surface area contributed by atoms with Gasteiger partial charge in [0.1, 0.15) is 13.2 Å². The van der Waals surface area contributed by atoms with Crippen molar-refractivity contribution in [2.75, 3.05) is 13.2 Å². The van der Waals surface area contributed by atoms with Crippen LogP contribution in [0.15, 0.2) is 109 Å². The minimum absolute atomic E-state index is 0.112. The predicted octanol–water partition coefficient (Wildman–Crippen LogP) is 18.7. The van der Waals surface area contributed by atoms with Gasteiger partial charge in [0.25, 0.3) is 0 Å². The van der Waals surface area contributed by atoms with Gasteiger partial charge in [-0.1, -0.05) is 226 Å². The standard InChI is InChI=1S/C62H102O6/c1-4-7-10-13-16-19-22-25-27-29-31-33-34-37-40-43-46-49-52-55-61(64)67-58-59(57-66-60(63)54-51-48-45-42-39-36-24-21-18-15-12-9-6-3)68-62(65)56-53-50-47-44-41-38-35-32-30-28-26-23-20-17-14-11-8-5-2/h7,10,12,15-16,19,21,24-25,27-28,30-31,33,37,40,46,49,59H,4-6,8-9,11,13-14,17-18,20,22-23,26,29,32,34-36,38-39,41-45,47-48,50-58H2,1-3H3/b10-7-,15-12-,19-16-,24-21-,27-25-,30-28-,33-31-,40-37-,49-46-. The quantitative estimate of drug-likeness (QED) is 0.0262. The molecule has 1 atom stereocenters. The maximum Gasteiger partial charge on any atom is 0.306 e. The monoisotopic (exact) mass is 943 g/mol. The Labute approximate surface area is 419 Å². The first kappa shape index (κ1) is 64.1. The lowest BCUT2D eigenvalue weighted by atomic mass is 10.1. The zero-order chi connectivity index (χ0) is 49.3. The molecule has 0 spiro atoms. The van der Waals surface area contributed by atoms with Crippen molar-refractivity contribution in [2.24, 2.45) is 0 Å². The molecule has 0 rings (SSSR count). The van der Waals surface area contributed by atoms with Gasteiger partial charge in [0.05, 0.1) is 0 Å². The molecular weight excluding hydrogens is 841 g/mol. The first-order valence-corrected chi connectivity index (χ1v) is 27.9. The Morgan fingerprint density at radius 1 is 0.309 bits per heavy atom. The summed E-state index contributed by atoms with van der Waals surface area (Å²) in [4.78, 5) is 38.1. The highest BCUT2D eigenvalue weighted by atomic mass is 16.6. The van der Waals surface area contributed by atoms with E-state index in [1.54, 1.807) is 0 Å². The van der Waals surface area contributed by atoms with E-state index in [1.165, 1.54) is 89.9 Å². The topological polar surface area (TPSA) is 78.9 Å². The van der Waals surface area contributed by atoms with Crippen molar-refractivity contribution in [1.82, 2.24) is 0 Å². The fourth-order valence-electron chi connectivity index (χ4n) is 7.32. The Hall–Kier alpha value is -3.93. The van der Waals surface area contributed by atoms with Crippen LogP contribution < -0.4 is 0 Å². The molecule has 0 N–H and O–H groups in total. The number of carbonyl (C=O) groups excluding carboxylic acids is 3. The molecule has 0 bridgehead atoms. The summed E-state index contributed by atoms with van der Waals surface area (Å²) in [5, 5.41) is 0. The molecule has 0 aliphatic heterocycles. The van der Waals surface area contributed by atoms with E-state index in [0.717, 1.165) is 109 Å². The summed E-state index contributed by atoms with van der Waals surface area (Å²) in [6.07, 6.45) is 75.2. The maximum atomic E-state index is 12.8. The summed E-state index contributed by atoms with van der Waals surface area (Å²) in [5.74, 6) is -1.02. The molecule has 0 saturated carbocycles. The van der Waals surface area contributed by atoms with Crippen molar-refractivity contribution in [3.8, 4) is 0 Å². The highest BCUT2D eigenvalue weighted by molar-refractivity contribution is 5.71. The molecule has 0 saturated heterocycles. The minimum atomic E-state index is -0.818.